The molecule has 1 aromatic rings. The van der Waals surface area contributed by atoms with Gasteiger partial charge in [0.1, 0.15) is 0 Å². The lowest BCUT2D eigenvalue weighted by Gasteiger charge is -2.05. The maximum absolute atomic E-state index is 11.6. The number of carbonyl (C=O) groups is 3. The van der Waals surface area contributed by atoms with E-state index in [0.29, 0.717) is 30.2 Å². The van der Waals surface area contributed by atoms with Crippen molar-refractivity contribution in [2.45, 2.75) is 25.4 Å². The molecule has 6 nitrogen and oxygen atoms in total. The lowest BCUT2D eigenvalue weighted by Crippen LogP contribution is -2.25. The molecule has 3 N–H and O–H groups in total. The Hall–Kier alpha value is -1.59. The van der Waals surface area contributed by atoms with Gasteiger partial charge in [-0.3, -0.25) is 9.59 Å². The van der Waals surface area contributed by atoms with Crippen molar-refractivity contribution < 1.29 is 37.8 Å². The molecular weight excluding hydrogens is 443 g/mol. The van der Waals surface area contributed by atoms with E-state index in [1.807, 2.05) is 24.3 Å². The number of hydrogen-bond acceptors (Lipinski definition) is 5. The molecule has 0 radical (unpaired) electrons. The molecule has 0 saturated carbocycles. The average molecular weight is 462 g/mol. The zero-order valence-corrected chi connectivity index (χ0v) is 16.9. The monoisotopic (exact) mass is 461 g/mol. The molecule has 1 aromatic carbocycles. The molecule has 1 rings (SSSR count). The van der Waals surface area contributed by atoms with Gasteiger partial charge in [0.05, 0.1) is 6.42 Å². The Kier molecular flexibility index (Phi) is 13.6. The molecule has 0 aliphatic heterocycles. The highest BCUT2D eigenvalue weighted by atomic mass is 35.5. The Labute approximate surface area is 172 Å². The molecule has 0 heterocycles. The Morgan fingerprint density at radius 2 is 1.68 bits per heavy atom. The molecule has 0 bridgehead atoms. The van der Waals surface area contributed by atoms with Gasteiger partial charge in [-0.1, -0.05) is 45.3 Å². The summed E-state index contributed by atoms with van der Waals surface area (Å²) in [6, 6.07) is 7.50. The molecule has 0 aliphatic rings. The van der Waals surface area contributed by atoms with E-state index >= 15 is 0 Å². The number of halogens is 4. The third kappa shape index (κ3) is 15.5. The number of nitrogens with one attached hydrogen (secondary N) is 1. The molecule has 0 aromatic heterocycles. The van der Waals surface area contributed by atoms with Gasteiger partial charge in [-0.05, 0) is 24.1 Å². The average Bonchev–Trinajstić information content (AvgIpc) is 2.58. The molecule has 0 spiro atoms. The largest absolute Gasteiger partial charge is 0.490 e. The van der Waals surface area contributed by atoms with E-state index in [0.717, 1.165) is 11.3 Å². The van der Waals surface area contributed by atoms with Gasteiger partial charge >= 0.3 is 18.1 Å². The summed E-state index contributed by atoms with van der Waals surface area (Å²) >= 11 is 5.88. The molecule has 28 heavy (non-hydrogen) atoms. The molecule has 0 unspecified atom stereocenters. The quantitative estimate of drug-likeness (QED) is 0.359. The van der Waals surface area contributed by atoms with E-state index in [4.69, 9.17) is 26.6 Å². The molecule has 0 aliphatic carbocycles. The van der Waals surface area contributed by atoms with Crippen LogP contribution in [-0.2, 0) is 20.8 Å². The number of carboxylic acids is 2. The highest BCUT2D eigenvalue weighted by molar-refractivity contribution is 8.76. The van der Waals surface area contributed by atoms with Crippen LogP contribution in [-0.4, -0.2) is 52.3 Å². The Morgan fingerprint density at radius 3 is 2.21 bits per heavy atom. The van der Waals surface area contributed by atoms with Crippen LogP contribution in [0.4, 0.5) is 13.2 Å². The van der Waals surface area contributed by atoms with Crippen molar-refractivity contribution in [1.82, 2.24) is 5.32 Å². The number of aliphatic carboxylic acids is 2. The van der Waals surface area contributed by atoms with E-state index in [-0.39, 0.29) is 12.3 Å². The van der Waals surface area contributed by atoms with Gasteiger partial charge < -0.3 is 15.5 Å². The number of aryl methyl sites for hydroxylation is 1. The predicted molar refractivity (Wildman–Crippen MR) is 104 cm³/mol. The molecule has 1 amide bonds. The van der Waals surface area contributed by atoms with E-state index < -0.39 is 18.1 Å². The molecule has 0 fully saturated rings. The number of alkyl halides is 3. The predicted octanol–water partition coefficient (Wildman–Crippen LogP) is 3.88. The van der Waals surface area contributed by atoms with Gasteiger partial charge in [0.25, 0.3) is 0 Å². The van der Waals surface area contributed by atoms with Gasteiger partial charge in [-0.15, -0.1) is 0 Å². The second-order valence-electron chi connectivity index (χ2n) is 5.07. The van der Waals surface area contributed by atoms with Gasteiger partial charge in [0, 0.05) is 29.5 Å². The first-order valence-electron chi connectivity index (χ1n) is 7.80. The normalized spacial score (nSPS) is 10.6. The summed E-state index contributed by atoms with van der Waals surface area (Å²) in [5.41, 5.74) is 1.05. The van der Waals surface area contributed by atoms with Crippen LogP contribution in [0, 0.1) is 0 Å². The Balaban J connectivity index is 0.000000887. The summed E-state index contributed by atoms with van der Waals surface area (Å²) in [6.07, 6.45) is -3.80. The topological polar surface area (TPSA) is 104 Å². The van der Waals surface area contributed by atoms with Crippen LogP contribution in [0.15, 0.2) is 24.3 Å². The van der Waals surface area contributed by atoms with Crippen LogP contribution < -0.4 is 5.32 Å². The highest BCUT2D eigenvalue weighted by Gasteiger charge is 2.38. The van der Waals surface area contributed by atoms with Gasteiger partial charge in [0.2, 0.25) is 5.91 Å². The van der Waals surface area contributed by atoms with Crippen LogP contribution in [0.1, 0.15) is 18.4 Å². The van der Waals surface area contributed by atoms with Crippen molar-refractivity contribution in [2.75, 3.05) is 18.1 Å². The van der Waals surface area contributed by atoms with E-state index in [9.17, 15) is 22.8 Å². The maximum Gasteiger partial charge on any atom is 0.490 e. The SMILES string of the molecule is O=C(O)C(F)(F)F.O=C(O)CCSSCCNC(=O)CCc1cccc(Cl)c1. The first-order valence-corrected chi connectivity index (χ1v) is 10.7. The maximum atomic E-state index is 11.6. The van der Waals surface area contributed by atoms with Crippen molar-refractivity contribution in [3.63, 3.8) is 0 Å². The number of amides is 1. The fourth-order valence-corrected chi connectivity index (χ4v) is 3.62. The minimum atomic E-state index is -5.08. The number of carboxylic acid groups (broad SMARTS) is 2. The third-order valence-corrected chi connectivity index (χ3v) is 5.41. The number of hydrogen-bond donors (Lipinski definition) is 3. The van der Waals surface area contributed by atoms with Crippen molar-refractivity contribution in [2.24, 2.45) is 0 Å². The number of carbonyl (C=O) groups excluding carboxylic acids is 1. The lowest BCUT2D eigenvalue weighted by atomic mass is 10.1. The Morgan fingerprint density at radius 1 is 1.07 bits per heavy atom. The standard InChI is InChI=1S/C14H18ClNO3S2.C2HF3O2/c15-12-3-1-2-11(10-12)4-5-13(17)16-7-9-21-20-8-6-14(18)19;3-2(4,5)1(6)7/h1-3,10H,4-9H2,(H,16,17)(H,18,19);(H,6,7). The molecule has 12 heteroatoms. The van der Waals surface area contributed by atoms with Crippen molar-refractivity contribution in [1.29, 1.82) is 0 Å². The minimum Gasteiger partial charge on any atom is -0.481 e. The van der Waals surface area contributed by atoms with Gasteiger partial charge in [-0.25, -0.2) is 4.79 Å². The molecular formula is C16H19ClF3NO5S2. The van der Waals surface area contributed by atoms with E-state index in [1.54, 1.807) is 10.8 Å². The molecule has 158 valence electrons. The zero-order valence-electron chi connectivity index (χ0n) is 14.5. The fraction of sp³-hybridized carbons (Fsp3) is 0.438. The van der Waals surface area contributed by atoms with Crippen molar-refractivity contribution in [3.05, 3.63) is 34.9 Å². The number of rotatable bonds is 10. The van der Waals surface area contributed by atoms with Crippen LogP contribution in [0.3, 0.4) is 0 Å². The lowest BCUT2D eigenvalue weighted by molar-refractivity contribution is -0.192. The molecule has 0 atom stereocenters. The summed E-state index contributed by atoms with van der Waals surface area (Å²) in [4.78, 5) is 30.8. The smallest absolute Gasteiger partial charge is 0.481 e. The van der Waals surface area contributed by atoms with Crippen molar-refractivity contribution in [3.8, 4) is 0 Å². The van der Waals surface area contributed by atoms with Crippen LogP contribution in [0.5, 0.6) is 0 Å². The second kappa shape index (κ2) is 14.4. The highest BCUT2D eigenvalue weighted by Crippen LogP contribution is 2.21. The van der Waals surface area contributed by atoms with E-state index in [1.165, 1.54) is 10.8 Å². The van der Waals surface area contributed by atoms with Crippen LogP contribution in [0.2, 0.25) is 5.02 Å². The Bertz CT molecular complexity index is 647. The van der Waals surface area contributed by atoms with Crippen LogP contribution >= 0.6 is 33.2 Å². The summed E-state index contributed by atoms with van der Waals surface area (Å²) < 4.78 is 31.7. The van der Waals surface area contributed by atoms with Gasteiger partial charge in [-0.2, -0.15) is 13.2 Å². The van der Waals surface area contributed by atoms with Gasteiger partial charge in [0.15, 0.2) is 0 Å². The summed E-state index contributed by atoms with van der Waals surface area (Å²) in [5.74, 6) is -2.16. The minimum absolute atomic E-state index is 0.0195. The van der Waals surface area contributed by atoms with Crippen LogP contribution in [0.25, 0.3) is 0 Å². The summed E-state index contributed by atoms with van der Waals surface area (Å²) in [7, 11) is 3.09. The number of benzene rings is 1. The fourth-order valence-electron chi connectivity index (χ4n) is 1.52. The summed E-state index contributed by atoms with van der Waals surface area (Å²) in [5, 5.41) is 19.1. The second-order valence-corrected chi connectivity index (χ2v) is 8.21. The zero-order chi connectivity index (χ0) is 21.6. The summed E-state index contributed by atoms with van der Waals surface area (Å²) in [6.45, 7) is 0.596. The molecule has 0 saturated heterocycles. The van der Waals surface area contributed by atoms with Crippen molar-refractivity contribution >= 4 is 51.0 Å². The van der Waals surface area contributed by atoms with E-state index in [2.05, 4.69) is 5.32 Å². The first kappa shape index (κ1) is 26.4. The third-order valence-electron chi connectivity index (χ3n) is 2.76. The first-order chi connectivity index (χ1) is 13.0.